The van der Waals surface area contributed by atoms with Crippen LogP contribution in [0.4, 0.5) is 0 Å². The summed E-state index contributed by atoms with van der Waals surface area (Å²) in [6, 6.07) is 1.97. The van der Waals surface area contributed by atoms with Gasteiger partial charge < -0.3 is 9.64 Å². The fourth-order valence-corrected chi connectivity index (χ4v) is 3.63. The van der Waals surface area contributed by atoms with E-state index in [0.29, 0.717) is 18.0 Å². The standard InChI is InChI=1S/C16H17N5O2S/c1-10-14(24-11(2)20-10)16(22)21-7-3-4-12(9-21)23-15-13(8-17)18-5-6-19-15/h5-6,12H,3-4,7,9H2,1-2H3. The Morgan fingerprint density at radius 3 is 2.92 bits per heavy atom. The molecule has 0 N–H and O–H groups in total. The second-order valence-corrected chi connectivity index (χ2v) is 6.81. The zero-order valence-electron chi connectivity index (χ0n) is 13.5. The minimum atomic E-state index is -0.194. The van der Waals surface area contributed by atoms with Crippen molar-refractivity contribution in [3.8, 4) is 11.9 Å². The van der Waals surface area contributed by atoms with Crippen LogP contribution < -0.4 is 4.74 Å². The Labute approximate surface area is 143 Å². The molecule has 1 aliphatic heterocycles. The van der Waals surface area contributed by atoms with E-state index in [2.05, 4.69) is 15.0 Å². The van der Waals surface area contributed by atoms with Crippen molar-refractivity contribution in [3.05, 3.63) is 33.7 Å². The van der Waals surface area contributed by atoms with Gasteiger partial charge in [0.25, 0.3) is 11.8 Å². The molecule has 1 saturated heterocycles. The quantitative estimate of drug-likeness (QED) is 0.847. The Morgan fingerprint density at radius 2 is 2.21 bits per heavy atom. The number of nitriles is 1. The number of carbonyl (C=O) groups is 1. The summed E-state index contributed by atoms with van der Waals surface area (Å²) in [5.74, 6) is 0.218. The first kappa shape index (κ1) is 16.3. The van der Waals surface area contributed by atoms with Gasteiger partial charge in [-0.2, -0.15) is 5.26 Å². The fraction of sp³-hybridized carbons (Fsp3) is 0.438. The van der Waals surface area contributed by atoms with Crippen LogP contribution in [-0.4, -0.2) is 45.0 Å². The van der Waals surface area contributed by atoms with Crippen LogP contribution in [-0.2, 0) is 0 Å². The van der Waals surface area contributed by atoms with Crippen molar-refractivity contribution in [2.45, 2.75) is 32.8 Å². The summed E-state index contributed by atoms with van der Waals surface area (Å²) in [5.41, 5.74) is 0.932. The Hall–Kier alpha value is -2.53. The molecule has 24 heavy (non-hydrogen) atoms. The highest BCUT2D eigenvalue weighted by atomic mass is 32.1. The van der Waals surface area contributed by atoms with Crippen molar-refractivity contribution < 1.29 is 9.53 Å². The number of nitrogens with zero attached hydrogens (tertiary/aromatic N) is 5. The van der Waals surface area contributed by atoms with E-state index >= 15 is 0 Å². The van der Waals surface area contributed by atoms with Crippen molar-refractivity contribution >= 4 is 17.2 Å². The van der Waals surface area contributed by atoms with E-state index in [0.717, 1.165) is 23.5 Å². The van der Waals surface area contributed by atoms with Crippen LogP contribution in [0.2, 0.25) is 0 Å². The van der Waals surface area contributed by atoms with Crippen molar-refractivity contribution in [1.29, 1.82) is 5.26 Å². The van der Waals surface area contributed by atoms with Gasteiger partial charge in [0, 0.05) is 18.9 Å². The minimum absolute atomic E-state index is 0.00828. The number of rotatable bonds is 3. The molecule has 1 atom stereocenters. The molecule has 1 aliphatic rings. The predicted octanol–water partition coefficient (Wildman–Crippen LogP) is 2.11. The number of aryl methyl sites for hydroxylation is 2. The van der Waals surface area contributed by atoms with Gasteiger partial charge in [0.15, 0.2) is 0 Å². The molecular weight excluding hydrogens is 326 g/mol. The maximum absolute atomic E-state index is 12.7. The summed E-state index contributed by atoms with van der Waals surface area (Å²) in [6.45, 7) is 4.92. The third-order valence-electron chi connectivity index (χ3n) is 3.81. The van der Waals surface area contributed by atoms with Gasteiger partial charge in [0.2, 0.25) is 5.69 Å². The lowest BCUT2D eigenvalue weighted by atomic mass is 10.1. The first-order valence-corrected chi connectivity index (χ1v) is 8.51. The average Bonchev–Trinajstić information content (AvgIpc) is 2.93. The molecule has 0 bridgehead atoms. The van der Waals surface area contributed by atoms with E-state index in [1.165, 1.54) is 23.7 Å². The van der Waals surface area contributed by atoms with Crippen LogP contribution >= 0.6 is 11.3 Å². The third-order valence-corrected chi connectivity index (χ3v) is 4.87. The smallest absolute Gasteiger partial charge is 0.265 e. The number of hydrogen-bond donors (Lipinski definition) is 0. The molecule has 1 fully saturated rings. The highest BCUT2D eigenvalue weighted by molar-refractivity contribution is 7.13. The van der Waals surface area contributed by atoms with Crippen LogP contribution in [0.5, 0.6) is 5.88 Å². The van der Waals surface area contributed by atoms with Crippen molar-refractivity contribution in [2.75, 3.05) is 13.1 Å². The molecule has 2 aromatic heterocycles. The number of amides is 1. The average molecular weight is 343 g/mol. The summed E-state index contributed by atoms with van der Waals surface area (Å²) in [4.78, 5) is 27.5. The molecule has 0 saturated carbocycles. The predicted molar refractivity (Wildman–Crippen MR) is 87.9 cm³/mol. The van der Waals surface area contributed by atoms with Gasteiger partial charge in [-0.1, -0.05) is 0 Å². The van der Waals surface area contributed by atoms with Gasteiger partial charge in [-0.25, -0.2) is 15.0 Å². The summed E-state index contributed by atoms with van der Waals surface area (Å²) in [5, 5.41) is 9.95. The molecule has 0 aromatic carbocycles. The SMILES string of the molecule is Cc1nc(C)c(C(=O)N2CCCC(Oc3nccnc3C#N)C2)s1. The van der Waals surface area contributed by atoms with Crippen LogP contribution in [0, 0.1) is 25.2 Å². The molecular formula is C16H17N5O2S. The number of aromatic nitrogens is 3. The van der Waals surface area contributed by atoms with Gasteiger partial charge in [-0.15, -0.1) is 11.3 Å². The fourth-order valence-electron chi connectivity index (χ4n) is 2.74. The largest absolute Gasteiger partial charge is 0.470 e. The second-order valence-electron chi connectivity index (χ2n) is 5.60. The molecule has 0 aliphatic carbocycles. The van der Waals surface area contributed by atoms with Gasteiger partial charge in [0.1, 0.15) is 17.1 Å². The molecule has 0 radical (unpaired) electrons. The lowest BCUT2D eigenvalue weighted by molar-refractivity contribution is 0.0529. The normalized spacial score (nSPS) is 17.4. The molecule has 1 amide bonds. The molecule has 1 unspecified atom stereocenters. The van der Waals surface area contributed by atoms with E-state index in [4.69, 9.17) is 10.00 Å². The van der Waals surface area contributed by atoms with Crippen LogP contribution in [0.15, 0.2) is 12.4 Å². The van der Waals surface area contributed by atoms with Crippen molar-refractivity contribution in [2.24, 2.45) is 0 Å². The first-order valence-electron chi connectivity index (χ1n) is 7.69. The second kappa shape index (κ2) is 6.93. The van der Waals surface area contributed by atoms with E-state index < -0.39 is 0 Å². The molecule has 0 spiro atoms. The van der Waals surface area contributed by atoms with Crippen LogP contribution in [0.3, 0.4) is 0 Å². The maximum Gasteiger partial charge on any atom is 0.265 e. The van der Waals surface area contributed by atoms with E-state index in [9.17, 15) is 4.79 Å². The molecule has 2 aromatic rings. The number of carbonyl (C=O) groups excluding carboxylic acids is 1. The minimum Gasteiger partial charge on any atom is -0.470 e. The summed E-state index contributed by atoms with van der Waals surface area (Å²) in [6.07, 6.45) is 4.41. The van der Waals surface area contributed by atoms with Gasteiger partial charge >= 0.3 is 0 Å². The van der Waals surface area contributed by atoms with Crippen molar-refractivity contribution in [1.82, 2.24) is 19.9 Å². The third kappa shape index (κ3) is 3.36. The zero-order chi connectivity index (χ0) is 17.1. The van der Waals surface area contributed by atoms with Gasteiger partial charge in [-0.3, -0.25) is 4.79 Å². The van der Waals surface area contributed by atoms with Gasteiger partial charge in [0.05, 0.1) is 17.2 Å². The Kier molecular flexibility index (Phi) is 4.71. The topological polar surface area (TPSA) is 92.0 Å². The van der Waals surface area contributed by atoms with E-state index in [1.54, 1.807) is 4.90 Å². The molecule has 3 rings (SSSR count). The molecule has 7 nitrogen and oxygen atoms in total. The molecule has 8 heteroatoms. The zero-order valence-corrected chi connectivity index (χ0v) is 14.3. The number of thiazole rings is 1. The first-order chi connectivity index (χ1) is 11.6. The van der Waals surface area contributed by atoms with E-state index in [1.807, 2.05) is 19.9 Å². The Bertz CT molecular complexity index is 798. The lowest BCUT2D eigenvalue weighted by Gasteiger charge is -2.32. The Morgan fingerprint density at radius 1 is 1.42 bits per heavy atom. The summed E-state index contributed by atoms with van der Waals surface area (Å²) >= 11 is 1.42. The Balaban J connectivity index is 1.71. The lowest BCUT2D eigenvalue weighted by Crippen LogP contribution is -2.44. The van der Waals surface area contributed by atoms with Gasteiger partial charge in [-0.05, 0) is 26.7 Å². The number of hydrogen-bond acceptors (Lipinski definition) is 7. The highest BCUT2D eigenvalue weighted by Gasteiger charge is 2.28. The van der Waals surface area contributed by atoms with Crippen molar-refractivity contribution in [3.63, 3.8) is 0 Å². The number of likely N-dealkylation sites (tertiary alicyclic amines) is 1. The van der Waals surface area contributed by atoms with E-state index in [-0.39, 0.29) is 23.6 Å². The number of ether oxygens (including phenoxy) is 1. The molecule has 3 heterocycles. The monoisotopic (exact) mass is 343 g/mol. The maximum atomic E-state index is 12.7. The van der Waals surface area contributed by atoms with Crippen LogP contribution in [0.1, 0.15) is 38.9 Å². The van der Waals surface area contributed by atoms with Crippen LogP contribution in [0.25, 0.3) is 0 Å². The summed E-state index contributed by atoms with van der Waals surface area (Å²) in [7, 11) is 0. The highest BCUT2D eigenvalue weighted by Crippen LogP contribution is 2.23. The summed E-state index contributed by atoms with van der Waals surface area (Å²) < 4.78 is 5.83. The number of piperidine rings is 1. The molecule has 124 valence electrons.